The van der Waals surface area contributed by atoms with Crippen molar-refractivity contribution in [1.82, 2.24) is 4.90 Å². The number of rotatable bonds is 4. The molecule has 4 rings (SSSR count). The molecule has 2 aromatic rings. The molecule has 26 heavy (non-hydrogen) atoms. The SMILES string of the molecule is CCCN1CCCN(c2ccc3c4c(cccc24)S(=O)(=O)N3CC)CC1. The average molecular weight is 374 g/mol. The quantitative estimate of drug-likeness (QED) is 0.825. The maximum Gasteiger partial charge on any atom is 0.265 e. The maximum atomic E-state index is 12.9. The minimum atomic E-state index is -3.41. The molecule has 2 aromatic carbocycles. The number of benzene rings is 2. The molecule has 0 radical (unpaired) electrons. The molecule has 6 heteroatoms. The smallest absolute Gasteiger partial charge is 0.265 e. The van der Waals surface area contributed by atoms with E-state index in [-0.39, 0.29) is 0 Å². The van der Waals surface area contributed by atoms with Crippen LogP contribution in [0.4, 0.5) is 11.4 Å². The van der Waals surface area contributed by atoms with Gasteiger partial charge in [-0.05, 0) is 51.1 Å². The molecule has 0 atom stereocenters. The van der Waals surface area contributed by atoms with Gasteiger partial charge in [0, 0.05) is 42.6 Å². The molecule has 140 valence electrons. The van der Waals surface area contributed by atoms with E-state index in [9.17, 15) is 8.42 Å². The number of sulfonamides is 1. The summed E-state index contributed by atoms with van der Waals surface area (Å²) >= 11 is 0. The van der Waals surface area contributed by atoms with Crippen LogP contribution in [0, 0.1) is 0 Å². The largest absolute Gasteiger partial charge is 0.370 e. The average Bonchev–Trinajstić information content (AvgIpc) is 2.78. The van der Waals surface area contributed by atoms with Crippen molar-refractivity contribution in [2.75, 3.05) is 48.5 Å². The Kier molecular flexibility index (Phi) is 4.57. The van der Waals surface area contributed by atoms with E-state index in [1.54, 1.807) is 6.07 Å². The zero-order valence-electron chi connectivity index (χ0n) is 15.6. The first-order valence-electron chi connectivity index (χ1n) is 9.63. The van der Waals surface area contributed by atoms with E-state index in [1.807, 2.05) is 19.1 Å². The van der Waals surface area contributed by atoms with Crippen molar-refractivity contribution in [3.63, 3.8) is 0 Å². The fourth-order valence-electron chi connectivity index (χ4n) is 4.38. The van der Waals surface area contributed by atoms with Crippen LogP contribution in [0.15, 0.2) is 35.2 Å². The van der Waals surface area contributed by atoms with Crippen LogP contribution in [0.2, 0.25) is 0 Å². The molecular formula is C20H27N3O2S. The molecule has 0 N–H and O–H groups in total. The Morgan fingerprint density at radius 1 is 0.962 bits per heavy atom. The zero-order chi connectivity index (χ0) is 18.3. The van der Waals surface area contributed by atoms with E-state index in [0.29, 0.717) is 11.4 Å². The lowest BCUT2D eigenvalue weighted by molar-refractivity contribution is 0.294. The van der Waals surface area contributed by atoms with Gasteiger partial charge in [-0.15, -0.1) is 0 Å². The third-order valence-corrected chi connectivity index (χ3v) is 7.48. The van der Waals surface area contributed by atoms with Crippen LogP contribution in [0.1, 0.15) is 26.7 Å². The summed E-state index contributed by atoms with van der Waals surface area (Å²) in [5.74, 6) is 0. The van der Waals surface area contributed by atoms with Crippen LogP contribution in [-0.2, 0) is 10.0 Å². The topological polar surface area (TPSA) is 43.9 Å². The van der Waals surface area contributed by atoms with Gasteiger partial charge in [0.2, 0.25) is 0 Å². The molecule has 0 bridgehead atoms. The summed E-state index contributed by atoms with van der Waals surface area (Å²) < 4.78 is 27.2. The summed E-state index contributed by atoms with van der Waals surface area (Å²) in [5, 5.41) is 1.95. The van der Waals surface area contributed by atoms with Gasteiger partial charge in [-0.3, -0.25) is 4.31 Å². The molecule has 1 fully saturated rings. The van der Waals surface area contributed by atoms with Gasteiger partial charge in [-0.2, -0.15) is 0 Å². The first-order valence-corrected chi connectivity index (χ1v) is 11.1. The van der Waals surface area contributed by atoms with E-state index in [2.05, 4.69) is 28.9 Å². The second kappa shape index (κ2) is 6.74. The van der Waals surface area contributed by atoms with Gasteiger partial charge >= 0.3 is 0 Å². The Balaban J connectivity index is 1.78. The van der Waals surface area contributed by atoms with Crippen LogP contribution in [0.5, 0.6) is 0 Å². The molecular weight excluding hydrogens is 346 g/mol. The molecule has 0 saturated carbocycles. The predicted octanol–water partition coefficient (Wildman–Crippen LogP) is 3.29. The van der Waals surface area contributed by atoms with E-state index in [1.165, 1.54) is 10.7 Å². The van der Waals surface area contributed by atoms with Gasteiger partial charge < -0.3 is 9.80 Å². The van der Waals surface area contributed by atoms with Crippen LogP contribution in [-0.4, -0.2) is 52.6 Å². The maximum absolute atomic E-state index is 12.9. The molecule has 0 amide bonds. The lowest BCUT2D eigenvalue weighted by Gasteiger charge is -2.25. The molecule has 0 unspecified atom stereocenters. The van der Waals surface area contributed by atoms with Gasteiger partial charge in [0.15, 0.2) is 0 Å². The summed E-state index contributed by atoms with van der Waals surface area (Å²) in [6.45, 7) is 9.94. The standard InChI is InChI=1S/C20H27N3O2S/c1-3-11-21-12-6-13-22(15-14-21)17-9-10-18-20-16(17)7-5-8-19(20)26(24,25)23(18)4-2/h5,7-10H,3-4,6,11-15H2,1-2H3. The van der Waals surface area contributed by atoms with Crippen molar-refractivity contribution >= 4 is 32.2 Å². The van der Waals surface area contributed by atoms with Gasteiger partial charge in [0.25, 0.3) is 10.0 Å². The van der Waals surface area contributed by atoms with Gasteiger partial charge in [-0.25, -0.2) is 8.42 Å². The Labute approximate surface area is 156 Å². The van der Waals surface area contributed by atoms with Crippen molar-refractivity contribution in [2.45, 2.75) is 31.6 Å². The molecule has 5 nitrogen and oxygen atoms in total. The van der Waals surface area contributed by atoms with Gasteiger partial charge in [0.1, 0.15) is 0 Å². The molecule has 0 aliphatic carbocycles. The predicted molar refractivity (Wildman–Crippen MR) is 108 cm³/mol. The van der Waals surface area contributed by atoms with Crippen LogP contribution in [0.25, 0.3) is 10.8 Å². The lowest BCUT2D eigenvalue weighted by Crippen LogP contribution is -2.31. The summed E-state index contributed by atoms with van der Waals surface area (Å²) in [4.78, 5) is 5.42. The second-order valence-electron chi connectivity index (χ2n) is 7.13. The van der Waals surface area contributed by atoms with Crippen LogP contribution < -0.4 is 9.21 Å². The third kappa shape index (κ3) is 2.67. The molecule has 2 heterocycles. The zero-order valence-corrected chi connectivity index (χ0v) is 16.4. The van der Waals surface area contributed by atoms with Gasteiger partial charge in [-0.1, -0.05) is 19.1 Å². The lowest BCUT2D eigenvalue weighted by atomic mass is 10.1. The minimum Gasteiger partial charge on any atom is -0.370 e. The highest BCUT2D eigenvalue weighted by molar-refractivity contribution is 7.93. The Morgan fingerprint density at radius 3 is 2.54 bits per heavy atom. The normalized spacial score (nSPS) is 19.9. The molecule has 0 spiro atoms. The number of anilines is 2. The van der Waals surface area contributed by atoms with Crippen molar-refractivity contribution < 1.29 is 8.42 Å². The van der Waals surface area contributed by atoms with Crippen molar-refractivity contribution in [1.29, 1.82) is 0 Å². The summed E-state index contributed by atoms with van der Waals surface area (Å²) in [6, 6.07) is 9.79. The monoisotopic (exact) mass is 373 g/mol. The molecule has 2 aliphatic heterocycles. The Hall–Kier alpha value is -1.79. The van der Waals surface area contributed by atoms with E-state index in [0.717, 1.165) is 61.3 Å². The number of hydrogen-bond acceptors (Lipinski definition) is 4. The van der Waals surface area contributed by atoms with Crippen molar-refractivity contribution in [3.8, 4) is 0 Å². The first kappa shape index (κ1) is 17.6. The number of hydrogen-bond donors (Lipinski definition) is 0. The third-order valence-electron chi connectivity index (χ3n) is 5.55. The fourth-order valence-corrected chi connectivity index (χ4v) is 6.09. The minimum absolute atomic E-state index is 0.455. The first-order chi connectivity index (χ1) is 12.6. The Bertz CT molecular complexity index is 926. The summed E-state index contributed by atoms with van der Waals surface area (Å²) in [6.07, 6.45) is 2.33. The number of nitrogens with zero attached hydrogens (tertiary/aromatic N) is 3. The van der Waals surface area contributed by atoms with E-state index < -0.39 is 10.0 Å². The highest BCUT2D eigenvalue weighted by Crippen LogP contribution is 2.45. The highest BCUT2D eigenvalue weighted by Gasteiger charge is 2.35. The van der Waals surface area contributed by atoms with E-state index >= 15 is 0 Å². The highest BCUT2D eigenvalue weighted by atomic mass is 32.2. The second-order valence-corrected chi connectivity index (χ2v) is 8.97. The molecule has 1 saturated heterocycles. The van der Waals surface area contributed by atoms with Gasteiger partial charge in [0.05, 0.1) is 10.6 Å². The van der Waals surface area contributed by atoms with Crippen LogP contribution >= 0.6 is 0 Å². The fraction of sp³-hybridized carbons (Fsp3) is 0.500. The summed E-state index contributed by atoms with van der Waals surface area (Å²) in [7, 11) is -3.41. The van der Waals surface area contributed by atoms with Crippen molar-refractivity contribution in [2.24, 2.45) is 0 Å². The molecule has 2 aliphatic rings. The van der Waals surface area contributed by atoms with Crippen molar-refractivity contribution in [3.05, 3.63) is 30.3 Å². The molecule has 0 aromatic heterocycles. The Morgan fingerprint density at radius 2 is 1.77 bits per heavy atom. The van der Waals surface area contributed by atoms with Crippen LogP contribution in [0.3, 0.4) is 0 Å². The van der Waals surface area contributed by atoms with E-state index in [4.69, 9.17) is 0 Å². The summed E-state index contributed by atoms with van der Waals surface area (Å²) in [5.41, 5.74) is 1.99.